The highest BCUT2D eigenvalue weighted by Crippen LogP contribution is 2.35. The van der Waals surface area contributed by atoms with Crippen LogP contribution in [0.2, 0.25) is 0 Å². The highest BCUT2D eigenvalue weighted by Gasteiger charge is 2.32. The van der Waals surface area contributed by atoms with E-state index in [1.807, 2.05) is 0 Å². The van der Waals surface area contributed by atoms with Crippen LogP contribution in [-0.4, -0.2) is 6.29 Å². The molecule has 0 aliphatic rings. The zero-order chi connectivity index (χ0) is 11.8. The molecule has 0 bridgehead atoms. The van der Waals surface area contributed by atoms with Gasteiger partial charge in [0.15, 0.2) is 0 Å². The van der Waals surface area contributed by atoms with Crippen molar-refractivity contribution in [2.24, 2.45) is 0 Å². The minimum absolute atomic E-state index is 0.0334. The number of halogens is 3. The van der Waals surface area contributed by atoms with Gasteiger partial charge in [0, 0.05) is 5.56 Å². The topological polar surface area (TPSA) is 17.1 Å². The highest BCUT2D eigenvalue weighted by atomic mass is 19.4. The van der Waals surface area contributed by atoms with Crippen LogP contribution in [0.3, 0.4) is 0 Å². The smallest absolute Gasteiger partial charge is 0.298 e. The maximum Gasteiger partial charge on any atom is 0.417 e. The van der Waals surface area contributed by atoms with Crippen LogP contribution in [0.4, 0.5) is 13.2 Å². The maximum absolute atomic E-state index is 12.7. The van der Waals surface area contributed by atoms with Crippen molar-refractivity contribution in [3.63, 3.8) is 0 Å². The van der Waals surface area contributed by atoms with Gasteiger partial charge in [-0.25, -0.2) is 0 Å². The van der Waals surface area contributed by atoms with Gasteiger partial charge in [0.1, 0.15) is 6.29 Å². The van der Waals surface area contributed by atoms with E-state index >= 15 is 0 Å². The first-order valence-corrected chi connectivity index (χ1v) is 4.57. The number of aldehydes is 1. The monoisotopic (exact) mass is 224 g/mol. The molecule has 2 rings (SSSR count). The van der Waals surface area contributed by atoms with Crippen molar-refractivity contribution in [1.82, 2.24) is 0 Å². The van der Waals surface area contributed by atoms with Crippen molar-refractivity contribution in [3.05, 3.63) is 47.5 Å². The molecule has 0 N–H and O–H groups in total. The predicted octanol–water partition coefficient (Wildman–Crippen LogP) is 3.67. The zero-order valence-electron chi connectivity index (χ0n) is 8.08. The van der Waals surface area contributed by atoms with Crippen LogP contribution in [-0.2, 0) is 6.18 Å². The second-order valence-corrected chi connectivity index (χ2v) is 3.41. The zero-order valence-corrected chi connectivity index (χ0v) is 8.08. The number of alkyl halides is 3. The Balaban J connectivity index is 2.84. The Kier molecular flexibility index (Phi) is 2.42. The molecule has 0 heterocycles. The lowest BCUT2D eigenvalue weighted by Crippen LogP contribution is -2.06. The maximum atomic E-state index is 12.7. The molecule has 2 aromatic carbocycles. The molecule has 0 aliphatic carbocycles. The minimum atomic E-state index is -4.45. The molecule has 0 saturated heterocycles. The molecular weight excluding hydrogens is 217 g/mol. The van der Waals surface area contributed by atoms with E-state index in [1.165, 1.54) is 18.2 Å². The van der Waals surface area contributed by atoms with Gasteiger partial charge >= 0.3 is 6.18 Å². The molecule has 0 spiro atoms. The molecule has 4 heteroatoms. The molecule has 0 aliphatic heterocycles. The fourth-order valence-corrected chi connectivity index (χ4v) is 1.64. The van der Waals surface area contributed by atoms with Crippen molar-refractivity contribution >= 4 is 17.1 Å². The summed E-state index contributed by atoms with van der Waals surface area (Å²) in [5.41, 5.74) is -0.737. The third-order valence-electron chi connectivity index (χ3n) is 2.33. The first-order chi connectivity index (χ1) is 7.52. The summed E-state index contributed by atoms with van der Waals surface area (Å²) < 4.78 is 38.2. The van der Waals surface area contributed by atoms with Crippen molar-refractivity contribution in [1.29, 1.82) is 0 Å². The van der Waals surface area contributed by atoms with E-state index in [2.05, 4.69) is 0 Å². The van der Waals surface area contributed by atoms with Gasteiger partial charge in [-0.05, 0) is 22.9 Å². The normalized spacial score (nSPS) is 11.7. The van der Waals surface area contributed by atoms with Gasteiger partial charge < -0.3 is 0 Å². The average Bonchev–Trinajstić information content (AvgIpc) is 2.26. The molecule has 0 atom stereocenters. The Morgan fingerprint density at radius 3 is 2.38 bits per heavy atom. The predicted molar refractivity (Wildman–Crippen MR) is 54.3 cm³/mol. The van der Waals surface area contributed by atoms with Gasteiger partial charge in [-0.15, -0.1) is 0 Å². The summed E-state index contributed by atoms with van der Waals surface area (Å²) in [4.78, 5) is 10.6. The number of carbonyl (C=O) groups excluding carboxylic acids is 1. The third kappa shape index (κ3) is 1.78. The van der Waals surface area contributed by atoms with Crippen LogP contribution in [0.25, 0.3) is 10.8 Å². The summed E-state index contributed by atoms with van der Waals surface area (Å²) in [6.07, 6.45) is -4.03. The average molecular weight is 224 g/mol. The molecule has 82 valence electrons. The van der Waals surface area contributed by atoms with E-state index in [0.29, 0.717) is 11.7 Å². The Bertz CT molecular complexity index is 543. The number of carbonyl (C=O) groups is 1. The SMILES string of the molecule is O=Cc1cc(C(F)(F)F)c2ccccc2c1. The Labute approximate surface area is 89.5 Å². The summed E-state index contributed by atoms with van der Waals surface area (Å²) in [6, 6.07) is 8.44. The first-order valence-electron chi connectivity index (χ1n) is 4.57. The van der Waals surface area contributed by atoms with E-state index in [1.54, 1.807) is 12.1 Å². The second-order valence-electron chi connectivity index (χ2n) is 3.41. The van der Waals surface area contributed by atoms with Crippen LogP contribution >= 0.6 is 0 Å². The number of hydrogen-bond acceptors (Lipinski definition) is 1. The molecule has 0 fully saturated rings. The minimum Gasteiger partial charge on any atom is -0.298 e. The van der Waals surface area contributed by atoms with Gasteiger partial charge in [-0.1, -0.05) is 24.3 Å². The first kappa shape index (κ1) is 10.7. The lowest BCUT2D eigenvalue weighted by molar-refractivity contribution is -0.136. The summed E-state index contributed by atoms with van der Waals surface area (Å²) in [5.74, 6) is 0. The van der Waals surface area contributed by atoms with Crippen LogP contribution in [0.5, 0.6) is 0 Å². The van der Waals surface area contributed by atoms with Crippen LogP contribution in [0, 0.1) is 0 Å². The Hall–Kier alpha value is -1.84. The molecule has 0 aromatic heterocycles. The lowest BCUT2D eigenvalue weighted by Gasteiger charge is -2.11. The number of benzene rings is 2. The van der Waals surface area contributed by atoms with Crippen LogP contribution in [0.1, 0.15) is 15.9 Å². The number of hydrogen-bond donors (Lipinski definition) is 0. The number of fused-ring (bicyclic) bond motifs is 1. The quantitative estimate of drug-likeness (QED) is 0.675. The third-order valence-corrected chi connectivity index (χ3v) is 2.33. The van der Waals surface area contributed by atoms with E-state index in [4.69, 9.17) is 0 Å². The van der Waals surface area contributed by atoms with E-state index in [0.717, 1.165) is 6.07 Å². The molecular formula is C12H7F3O. The van der Waals surface area contributed by atoms with Crippen LogP contribution in [0.15, 0.2) is 36.4 Å². The van der Waals surface area contributed by atoms with Crippen molar-refractivity contribution in [2.45, 2.75) is 6.18 Å². The fraction of sp³-hybridized carbons (Fsp3) is 0.0833. The highest BCUT2D eigenvalue weighted by molar-refractivity contribution is 5.91. The van der Waals surface area contributed by atoms with E-state index in [9.17, 15) is 18.0 Å². The van der Waals surface area contributed by atoms with Gasteiger partial charge in [-0.2, -0.15) is 13.2 Å². The molecule has 0 radical (unpaired) electrons. The largest absolute Gasteiger partial charge is 0.417 e. The lowest BCUT2D eigenvalue weighted by atomic mass is 10.0. The van der Waals surface area contributed by atoms with Crippen molar-refractivity contribution < 1.29 is 18.0 Å². The Morgan fingerprint density at radius 1 is 1.06 bits per heavy atom. The summed E-state index contributed by atoms with van der Waals surface area (Å²) >= 11 is 0. The Morgan fingerprint density at radius 2 is 1.75 bits per heavy atom. The number of rotatable bonds is 1. The summed E-state index contributed by atoms with van der Waals surface area (Å²) in [5, 5.41) is 0.528. The fourth-order valence-electron chi connectivity index (χ4n) is 1.64. The van der Waals surface area contributed by atoms with Gasteiger partial charge in [0.05, 0.1) is 5.56 Å². The standard InChI is InChI=1S/C12H7F3O/c13-12(14,15)11-6-8(7-16)5-9-3-1-2-4-10(9)11/h1-7H. The molecule has 0 amide bonds. The van der Waals surface area contributed by atoms with Gasteiger partial charge in [0.2, 0.25) is 0 Å². The van der Waals surface area contributed by atoms with Crippen LogP contribution < -0.4 is 0 Å². The van der Waals surface area contributed by atoms with Crippen molar-refractivity contribution in [3.8, 4) is 0 Å². The van der Waals surface area contributed by atoms with Crippen molar-refractivity contribution in [2.75, 3.05) is 0 Å². The summed E-state index contributed by atoms with van der Waals surface area (Å²) in [6.45, 7) is 0. The van der Waals surface area contributed by atoms with E-state index in [-0.39, 0.29) is 10.9 Å². The molecule has 0 unspecified atom stereocenters. The summed E-state index contributed by atoms with van der Waals surface area (Å²) in [7, 11) is 0. The molecule has 0 saturated carbocycles. The molecule has 1 nitrogen and oxygen atoms in total. The molecule has 2 aromatic rings. The molecule has 16 heavy (non-hydrogen) atoms. The second kappa shape index (κ2) is 3.63. The van der Waals surface area contributed by atoms with Gasteiger partial charge in [0.25, 0.3) is 0 Å². The van der Waals surface area contributed by atoms with Gasteiger partial charge in [-0.3, -0.25) is 4.79 Å². The van der Waals surface area contributed by atoms with E-state index < -0.39 is 11.7 Å².